The maximum atomic E-state index is 12.4. The number of hydrogen-bond donors (Lipinski definition) is 1. The van der Waals surface area contributed by atoms with Crippen LogP contribution in [0.2, 0.25) is 0 Å². The molecule has 1 heterocycles. The lowest BCUT2D eigenvalue weighted by molar-refractivity contribution is -0.384. The standard InChI is InChI=1S/C12H15N3O4S/c1-13-11-3-2-9(15(17)18)8-10(11)12(16)14-4-6-20(19)7-5-14/h2-3,8,13H,4-7H2,1H3. The Kier molecular flexibility index (Phi) is 4.33. The van der Waals surface area contributed by atoms with Crippen LogP contribution in [0.1, 0.15) is 10.4 Å². The lowest BCUT2D eigenvalue weighted by Gasteiger charge is -2.27. The quantitative estimate of drug-likeness (QED) is 0.659. The molecule has 0 saturated carbocycles. The Balaban J connectivity index is 2.30. The number of carbonyl (C=O) groups is 1. The molecule has 0 atom stereocenters. The Morgan fingerprint density at radius 1 is 1.40 bits per heavy atom. The van der Waals surface area contributed by atoms with Crippen LogP contribution in [-0.4, -0.2) is 51.6 Å². The van der Waals surface area contributed by atoms with E-state index in [1.807, 2.05) is 0 Å². The van der Waals surface area contributed by atoms with E-state index in [1.54, 1.807) is 11.9 Å². The average Bonchev–Trinajstić information content (AvgIpc) is 2.46. The molecule has 1 amide bonds. The summed E-state index contributed by atoms with van der Waals surface area (Å²) in [7, 11) is 0.786. The Morgan fingerprint density at radius 3 is 2.60 bits per heavy atom. The van der Waals surface area contributed by atoms with Crippen LogP contribution >= 0.6 is 0 Å². The molecule has 1 N–H and O–H groups in total. The van der Waals surface area contributed by atoms with E-state index >= 15 is 0 Å². The molecule has 8 heteroatoms. The predicted molar refractivity (Wildman–Crippen MR) is 76.4 cm³/mol. The highest BCUT2D eigenvalue weighted by Gasteiger charge is 2.24. The first-order valence-electron chi connectivity index (χ1n) is 6.13. The van der Waals surface area contributed by atoms with Gasteiger partial charge < -0.3 is 10.2 Å². The Bertz CT molecular complexity index is 566. The van der Waals surface area contributed by atoms with E-state index in [1.165, 1.54) is 18.2 Å². The summed E-state index contributed by atoms with van der Waals surface area (Å²) < 4.78 is 11.3. The summed E-state index contributed by atoms with van der Waals surface area (Å²) in [4.78, 5) is 24.3. The summed E-state index contributed by atoms with van der Waals surface area (Å²) in [6.07, 6.45) is 0. The smallest absolute Gasteiger partial charge is 0.270 e. The van der Waals surface area contributed by atoms with Crippen molar-refractivity contribution in [3.63, 3.8) is 0 Å². The van der Waals surface area contributed by atoms with Crippen LogP contribution in [0, 0.1) is 10.1 Å². The molecule has 1 saturated heterocycles. The molecule has 1 aromatic rings. The fraction of sp³-hybridized carbons (Fsp3) is 0.417. The number of benzene rings is 1. The highest BCUT2D eigenvalue weighted by atomic mass is 32.2. The molecular formula is C12H15N3O4S. The second-order valence-electron chi connectivity index (χ2n) is 4.38. The van der Waals surface area contributed by atoms with Crippen molar-refractivity contribution < 1.29 is 13.9 Å². The Labute approximate surface area is 118 Å². The van der Waals surface area contributed by atoms with E-state index in [-0.39, 0.29) is 17.2 Å². The van der Waals surface area contributed by atoms with Gasteiger partial charge in [0.1, 0.15) is 0 Å². The van der Waals surface area contributed by atoms with Crippen LogP contribution in [0.3, 0.4) is 0 Å². The van der Waals surface area contributed by atoms with Gasteiger partial charge in [-0.05, 0) is 6.07 Å². The van der Waals surface area contributed by atoms with Crippen LogP contribution in [0.5, 0.6) is 0 Å². The molecule has 0 spiro atoms. The summed E-state index contributed by atoms with van der Waals surface area (Å²) in [5, 5.41) is 13.7. The van der Waals surface area contributed by atoms with E-state index in [0.29, 0.717) is 30.3 Å². The number of hydrogen-bond acceptors (Lipinski definition) is 5. The fourth-order valence-electron chi connectivity index (χ4n) is 2.05. The third-order valence-electron chi connectivity index (χ3n) is 3.18. The minimum Gasteiger partial charge on any atom is -0.387 e. The van der Waals surface area contributed by atoms with Gasteiger partial charge in [-0.3, -0.25) is 19.1 Å². The lowest BCUT2D eigenvalue weighted by atomic mass is 10.1. The van der Waals surface area contributed by atoms with Crippen LogP contribution in [-0.2, 0) is 10.8 Å². The van der Waals surface area contributed by atoms with Crippen molar-refractivity contribution in [2.24, 2.45) is 0 Å². The maximum absolute atomic E-state index is 12.4. The van der Waals surface area contributed by atoms with Gasteiger partial charge in [-0.25, -0.2) is 0 Å². The van der Waals surface area contributed by atoms with Crippen LogP contribution in [0.15, 0.2) is 18.2 Å². The molecule has 0 aromatic heterocycles. The van der Waals surface area contributed by atoms with Crippen molar-refractivity contribution in [3.8, 4) is 0 Å². The first-order valence-corrected chi connectivity index (χ1v) is 7.62. The van der Waals surface area contributed by atoms with Gasteiger partial charge in [-0.15, -0.1) is 0 Å². The van der Waals surface area contributed by atoms with Crippen molar-refractivity contribution in [2.75, 3.05) is 37.0 Å². The molecule has 2 rings (SSSR count). The van der Waals surface area contributed by atoms with E-state index in [2.05, 4.69) is 5.32 Å². The van der Waals surface area contributed by atoms with E-state index in [9.17, 15) is 19.1 Å². The van der Waals surface area contributed by atoms with Crippen molar-refractivity contribution in [2.45, 2.75) is 0 Å². The van der Waals surface area contributed by atoms with Gasteiger partial charge in [0.15, 0.2) is 0 Å². The zero-order valence-electron chi connectivity index (χ0n) is 11.0. The largest absolute Gasteiger partial charge is 0.387 e. The molecule has 1 aliphatic rings. The number of amides is 1. The number of anilines is 1. The topological polar surface area (TPSA) is 92.6 Å². The van der Waals surface area contributed by atoms with Crippen LogP contribution in [0.25, 0.3) is 0 Å². The van der Waals surface area contributed by atoms with Crippen molar-refractivity contribution in [3.05, 3.63) is 33.9 Å². The predicted octanol–water partition coefficient (Wildman–Crippen LogP) is 0.841. The summed E-state index contributed by atoms with van der Waals surface area (Å²) in [5.74, 6) is 0.639. The number of carbonyl (C=O) groups excluding carboxylic acids is 1. The molecule has 1 aromatic carbocycles. The molecule has 0 aliphatic carbocycles. The van der Waals surface area contributed by atoms with Crippen molar-refractivity contribution >= 4 is 28.1 Å². The molecule has 1 fully saturated rings. The van der Waals surface area contributed by atoms with E-state index < -0.39 is 15.7 Å². The van der Waals surface area contributed by atoms with E-state index in [4.69, 9.17) is 0 Å². The SMILES string of the molecule is CNc1ccc([N+](=O)[O-])cc1C(=O)N1CCS(=O)CC1. The second-order valence-corrected chi connectivity index (χ2v) is 6.07. The second kappa shape index (κ2) is 6.00. The molecule has 7 nitrogen and oxygen atoms in total. The zero-order valence-corrected chi connectivity index (χ0v) is 11.8. The van der Waals surface area contributed by atoms with Gasteiger partial charge in [-0.1, -0.05) is 0 Å². The van der Waals surface area contributed by atoms with Crippen LogP contribution < -0.4 is 5.32 Å². The van der Waals surface area contributed by atoms with Gasteiger partial charge in [0, 0.05) is 60.3 Å². The van der Waals surface area contributed by atoms with E-state index in [0.717, 1.165) is 0 Å². The van der Waals surface area contributed by atoms with Gasteiger partial charge >= 0.3 is 0 Å². The average molecular weight is 297 g/mol. The summed E-state index contributed by atoms with van der Waals surface area (Å²) in [5.41, 5.74) is 0.703. The molecule has 0 unspecified atom stereocenters. The first kappa shape index (κ1) is 14.4. The maximum Gasteiger partial charge on any atom is 0.270 e. The highest BCUT2D eigenvalue weighted by Crippen LogP contribution is 2.23. The molecule has 0 radical (unpaired) electrons. The number of nitrogens with zero attached hydrogens (tertiary/aromatic N) is 2. The number of nitro benzene ring substituents is 1. The highest BCUT2D eigenvalue weighted by molar-refractivity contribution is 7.85. The van der Waals surface area contributed by atoms with Gasteiger partial charge in [0.05, 0.1) is 10.5 Å². The number of nitrogens with one attached hydrogen (secondary N) is 1. The Hall–Kier alpha value is -1.96. The molecule has 0 bridgehead atoms. The summed E-state index contributed by atoms with van der Waals surface area (Å²) in [6, 6.07) is 4.15. The monoisotopic (exact) mass is 297 g/mol. The van der Waals surface area contributed by atoms with Gasteiger partial charge in [0.2, 0.25) is 0 Å². The minimum absolute atomic E-state index is 0.118. The van der Waals surface area contributed by atoms with Gasteiger partial charge in [0.25, 0.3) is 11.6 Å². The molecule has 108 valence electrons. The summed E-state index contributed by atoms with van der Waals surface area (Å²) in [6.45, 7) is 0.828. The van der Waals surface area contributed by atoms with Crippen molar-refractivity contribution in [1.29, 1.82) is 0 Å². The van der Waals surface area contributed by atoms with Crippen LogP contribution in [0.4, 0.5) is 11.4 Å². The molecular weight excluding hydrogens is 282 g/mol. The third kappa shape index (κ3) is 2.96. The number of non-ortho nitro benzene ring substituents is 1. The first-order chi connectivity index (χ1) is 9.52. The third-order valence-corrected chi connectivity index (χ3v) is 4.45. The number of rotatable bonds is 3. The molecule has 20 heavy (non-hydrogen) atoms. The van der Waals surface area contributed by atoms with Crippen molar-refractivity contribution in [1.82, 2.24) is 4.90 Å². The summed E-state index contributed by atoms with van der Waals surface area (Å²) >= 11 is 0. The normalized spacial score (nSPS) is 15.9. The zero-order chi connectivity index (χ0) is 14.7. The minimum atomic E-state index is -0.870. The number of nitro groups is 1. The molecule has 1 aliphatic heterocycles. The van der Waals surface area contributed by atoms with Gasteiger partial charge in [-0.2, -0.15) is 0 Å². The lowest BCUT2D eigenvalue weighted by Crippen LogP contribution is -2.42. The fourth-order valence-corrected chi connectivity index (χ4v) is 3.10. The Morgan fingerprint density at radius 2 is 2.05 bits per heavy atom.